The van der Waals surface area contributed by atoms with Crippen LogP contribution in [0.15, 0.2) is 48.5 Å². The van der Waals surface area contributed by atoms with Crippen molar-refractivity contribution >= 4 is 29.0 Å². The summed E-state index contributed by atoms with van der Waals surface area (Å²) in [6.45, 7) is 1.32. The lowest BCUT2D eigenvalue weighted by Crippen LogP contribution is -2.38. The van der Waals surface area contributed by atoms with Crippen LogP contribution in [-0.4, -0.2) is 42.6 Å². The summed E-state index contributed by atoms with van der Waals surface area (Å²) >= 11 is 0. The van der Waals surface area contributed by atoms with E-state index in [9.17, 15) is 18.8 Å². The molecule has 0 unspecified atom stereocenters. The van der Waals surface area contributed by atoms with Gasteiger partial charge >= 0.3 is 0 Å². The zero-order chi connectivity index (χ0) is 19.1. The summed E-state index contributed by atoms with van der Waals surface area (Å²) in [4.78, 5) is 36.7. The average Bonchev–Trinajstić information content (AvgIpc) is 2.61. The van der Waals surface area contributed by atoms with Gasteiger partial charge in [0.2, 0.25) is 11.8 Å². The Balaban J connectivity index is 1.83. The molecule has 0 fully saturated rings. The zero-order valence-corrected chi connectivity index (χ0v) is 14.6. The predicted octanol–water partition coefficient (Wildman–Crippen LogP) is 2.54. The van der Waals surface area contributed by atoms with Crippen LogP contribution < -0.4 is 10.6 Å². The fraction of sp³-hybridized carbons (Fsp3) is 0.211. The molecule has 0 bridgehead atoms. The van der Waals surface area contributed by atoms with Crippen LogP contribution >= 0.6 is 0 Å². The van der Waals surface area contributed by atoms with Gasteiger partial charge in [-0.05, 0) is 43.3 Å². The number of benzene rings is 2. The highest BCUT2D eigenvalue weighted by molar-refractivity contribution is 5.96. The number of nitrogens with zero attached hydrogens (tertiary/aromatic N) is 1. The van der Waals surface area contributed by atoms with Crippen LogP contribution in [-0.2, 0) is 9.59 Å². The molecule has 2 aromatic rings. The summed E-state index contributed by atoms with van der Waals surface area (Å²) in [5.74, 6) is -1.12. The van der Waals surface area contributed by atoms with E-state index in [-0.39, 0.29) is 30.7 Å². The lowest BCUT2D eigenvalue weighted by molar-refractivity contribution is -0.131. The Labute approximate surface area is 151 Å². The molecule has 0 spiro atoms. The smallest absolute Gasteiger partial charge is 0.243 e. The van der Waals surface area contributed by atoms with E-state index in [0.717, 1.165) is 0 Å². The number of hydrogen-bond acceptors (Lipinski definition) is 4. The van der Waals surface area contributed by atoms with Gasteiger partial charge in [-0.2, -0.15) is 0 Å². The maximum absolute atomic E-state index is 12.8. The predicted molar refractivity (Wildman–Crippen MR) is 97.6 cm³/mol. The van der Waals surface area contributed by atoms with E-state index in [2.05, 4.69) is 10.6 Å². The molecule has 0 saturated carbocycles. The van der Waals surface area contributed by atoms with Crippen LogP contribution in [0.4, 0.5) is 15.8 Å². The molecule has 0 heterocycles. The first-order valence-corrected chi connectivity index (χ1v) is 7.99. The third kappa shape index (κ3) is 5.70. The van der Waals surface area contributed by atoms with Crippen LogP contribution in [0.1, 0.15) is 17.3 Å². The molecule has 0 aliphatic carbocycles. The Morgan fingerprint density at radius 3 is 2.38 bits per heavy atom. The summed E-state index contributed by atoms with van der Waals surface area (Å²) in [7, 11) is 1.51. The quantitative estimate of drug-likeness (QED) is 0.747. The molecule has 7 heteroatoms. The number of rotatable bonds is 7. The van der Waals surface area contributed by atoms with Gasteiger partial charge in [0.15, 0.2) is 5.78 Å². The maximum Gasteiger partial charge on any atom is 0.243 e. The maximum atomic E-state index is 12.8. The fourth-order valence-corrected chi connectivity index (χ4v) is 2.20. The molecule has 0 aliphatic heterocycles. The van der Waals surface area contributed by atoms with Crippen LogP contribution in [0.2, 0.25) is 0 Å². The van der Waals surface area contributed by atoms with Crippen molar-refractivity contribution < 1.29 is 18.8 Å². The second kappa shape index (κ2) is 8.75. The Morgan fingerprint density at radius 2 is 1.73 bits per heavy atom. The van der Waals surface area contributed by atoms with Crippen molar-refractivity contribution in [2.24, 2.45) is 0 Å². The Morgan fingerprint density at radius 1 is 1.04 bits per heavy atom. The summed E-state index contributed by atoms with van der Waals surface area (Å²) in [5, 5.41) is 5.52. The molecule has 2 rings (SSSR count). The van der Waals surface area contributed by atoms with Crippen molar-refractivity contribution in [2.45, 2.75) is 6.92 Å². The molecule has 0 aromatic heterocycles. The molecule has 6 nitrogen and oxygen atoms in total. The second-order valence-electron chi connectivity index (χ2n) is 5.80. The van der Waals surface area contributed by atoms with E-state index in [0.29, 0.717) is 16.9 Å². The lowest BCUT2D eigenvalue weighted by atomic mass is 10.1. The molecule has 2 amide bonds. The SMILES string of the molecule is CC(=O)c1cccc(NCC(=O)N(C)CC(=O)Nc2ccc(F)cc2)c1. The lowest BCUT2D eigenvalue weighted by Gasteiger charge is -2.17. The minimum atomic E-state index is -0.393. The van der Waals surface area contributed by atoms with E-state index in [1.165, 1.54) is 43.1 Å². The van der Waals surface area contributed by atoms with Gasteiger partial charge in [0.25, 0.3) is 0 Å². The molecule has 26 heavy (non-hydrogen) atoms. The van der Waals surface area contributed by atoms with Gasteiger partial charge in [-0.15, -0.1) is 0 Å². The number of ketones is 1. The number of nitrogens with one attached hydrogen (secondary N) is 2. The summed E-state index contributed by atoms with van der Waals surface area (Å²) in [6, 6.07) is 12.2. The third-order valence-corrected chi connectivity index (χ3v) is 3.65. The first-order chi connectivity index (χ1) is 12.3. The van der Waals surface area contributed by atoms with Crippen molar-refractivity contribution in [2.75, 3.05) is 30.8 Å². The molecule has 0 saturated heterocycles. The standard InChI is InChI=1S/C19H20FN3O3/c1-13(24)14-4-3-5-17(10-14)21-11-19(26)23(2)12-18(25)22-16-8-6-15(20)7-9-16/h3-10,21H,11-12H2,1-2H3,(H,22,25). The second-order valence-corrected chi connectivity index (χ2v) is 5.80. The molecule has 136 valence electrons. The van der Waals surface area contributed by atoms with E-state index < -0.39 is 5.82 Å². The van der Waals surface area contributed by atoms with Gasteiger partial charge in [0.1, 0.15) is 5.82 Å². The number of carbonyl (C=O) groups is 3. The van der Waals surface area contributed by atoms with Crippen molar-refractivity contribution in [1.82, 2.24) is 4.90 Å². The normalized spacial score (nSPS) is 10.1. The van der Waals surface area contributed by atoms with Crippen molar-refractivity contribution in [1.29, 1.82) is 0 Å². The highest BCUT2D eigenvalue weighted by Crippen LogP contribution is 2.11. The van der Waals surface area contributed by atoms with Crippen LogP contribution in [0.25, 0.3) is 0 Å². The van der Waals surface area contributed by atoms with E-state index in [1.807, 2.05) is 0 Å². The molecule has 0 atom stereocenters. The monoisotopic (exact) mass is 357 g/mol. The largest absolute Gasteiger partial charge is 0.376 e. The van der Waals surface area contributed by atoms with E-state index >= 15 is 0 Å². The minimum absolute atomic E-state index is 0.0122. The number of hydrogen-bond donors (Lipinski definition) is 2. The van der Waals surface area contributed by atoms with E-state index in [4.69, 9.17) is 0 Å². The number of amides is 2. The molecule has 0 radical (unpaired) electrons. The van der Waals surface area contributed by atoms with Crippen LogP contribution in [0, 0.1) is 5.82 Å². The fourth-order valence-electron chi connectivity index (χ4n) is 2.20. The number of carbonyl (C=O) groups excluding carboxylic acids is 3. The number of halogens is 1. The number of Topliss-reactive ketones (excluding diaryl/α,β-unsaturated/α-hetero) is 1. The van der Waals surface area contributed by atoms with Gasteiger partial charge in [-0.3, -0.25) is 14.4 Å². The highest BCUT2D eigenvalue weighted by atomic mass is 19.1. The third-order valence-electron chi connectivity index (χ3n) is 3.65. The molecular weight excluding hydrogens is 337 g/mol. The molecular formula is C19H20FN3O3. The van der Waals surface area contributed by atoms with Gasteiger partial charge in [-0.1, -0.05) is 12.1 Å². The molecule has 2 aromatic carbocycles. The van der Waals surface area contributed by atoms with Gasteiger partial charge in [0.05, 0.1) is 13.1 Å². The minimum Gasteiger partial charge on any atom is -0.376 e. The summed E-state index contributed by atoms with van der Waals surface area (Å²) in [6.07, 6.45) is 0. The van der Waals surface area contributed by atoms with Gasteiger partial charge < -0.3 is 15.5 Å². The topological polar surface area (TPSA) is 78.5 Å². The zero-order valence-electron chi connectivity index (χ0n) is 14.6. The van der Waals surface area contributed by atoms with Crippen molar-refractivity contribution in [3.63, 3.8) is 0 Å². The van der Waals surface area contributed by atoms with Crippen LogP contribution in [0.5, 0.6) is 0 Å². The number of likely N-dealkylation sites (N-methyl/N-ethyl adjacent to an activating group) is 1. The average molecular weight is 357 g/mol. The van der Waals surface area contributed by atoms with Crippen LogP contribution in [0.3, 0.4) is 0 Å². The van der Waals surface area contributed by atoms with Gasteiger partial charge in [0, 0.05) is 24.0 Å². The first-order valence-electron chi connectivity index (χ1n) is 7.99. The Kier molecular flexibility index (Phi) is 6.43. The first kappa shape index (κ1) is 19.1. The van der Waals surface area contributed by atoms with Gasteiger partial charge in [-0.25, -0.2) is 4.39 Å². The van der Waals surface area contributed by atoms with E-state index in [1.54, 1.807) is 24.3 Å². The van der Waals surface area contributed by atoms with Crippen molar-refractivity contribution in [3.8, 4) is 0 Å². The molecule has 2 N–H and O–H groups in total. The summed E-state index contributed by atoms with van der Waals surface area (Å²) in [5.41, 5.74) is 1.65. The van der Waals surface area contributed by atoms with Crippen molar-refractivity contribution in [3.05, 3.63) is 59.9 Å². The molecule has 0 aliphatic rings. The highest BCUT2D eigenvalue weighted by Gasteiger charge is 2.13. The Bertz CT molecular complexity index is 806. The number of anilines is 2. The Hall–Kier alpha value is -3.22. The summed E-state index contributed by atoms with van der Waals surface area (Å²) < 4.78 is 12.8.